The van der Waals surface area contributed by atoms with Gasteiger partial charge in [0.25, 0.3) is 0 Å². The van der Waals surface area contributed by atoms with Crippen molar-refractivity contribution in [1.29, 1.82) is 0 Å². The molecular formula is C10H16N4. The highest BCUT2D eigenvalue weighted by Crippen LogP contribution is 2.20. The molecule has 1 aliphatic carbocycles. The molecule has 0 atom stereocenters. The lowest BCUT2D eigenvalue weighted by Crippen LogP contribution is -2.16. The van der Waals surface area contributed by atoms with E-state index in [9.17, 15) is 0 Å². The lowest BCUT2D eigenvalue weighted by atomic mass is 10.2. The topological polar surface area (TPSA) is 63.8 Å². The van der Waals surface area contributed by atoms with Gasteiger partial charge in [0.1, 0.15) is 11.6 Å². The van der Waals surface area contributed by atoms with Crippen molar-refractivity contribution in [2.75, 3.05) is 5.32 Å². The molecule has 14 heavy (non-hydrogen) atoms. The Balaban J connectivity index is 2.00. The fourth-order valence-electron chi connectivity index (χ4n) is 1.86. The molecule has 3 N–H and O–H groups in total. The summed E-state index contributed by atoms with van der Waals surface area (Å²) in [5.41, 5.74) is 5.47. The number of hydrogen-bond donors (Lipinski definition) is 2. The maximum Gasteiger partial charge on any atom is 0.144 e. The van der Waals surface area contributed by atoms with Gasteiger partial charge in [-0.1, -0.05) is 12.8 Å². The number of nitrogens with two attached hydrogens (primary N) is 1. The molecule has 0 radical (unpaired) electrons. The summed E-state index contributed by atoms with van der Waals surface area (Å²) in [6, 6.07) is 2.49. The van der Waals surface area contributed by atoms with Crippen molar-refractivity contribution in [2.45, 2.75) is 38.3 Å². The third-order valence-corrected chi connectivity index (χ3v) is 2.60. The van der Waals surface area contributed by atoms with Crippen LogP contribution in [0.25, 0.3) is 0 Å². The fourth-order valence-corrected chi connectivity index (χ4v) is 1.86. The third-order valence-electron chi connectivity index (χ3n) is 2.60. The van der Waals surface area contributed by atoms with E-state index in [1.807, 2.05) is 6.07 Å². The van der Waals surface area contributed by atoms with Crippen molar-refractivity contribution in [1.82, 2.24) is 9.97 Å². The normalized spacial score (nSPS) is 17.2. The van der Waals surface area contributed by atoms with Gasteiger partial charge in [0.05, 0.1) is 6.54 Å². The van der Waals surface area contributed by atoms with Crippen LogP contribution in [0.15, 0.2) is 12.3 Å². The van der Waals surface area contributed by atoms with Crippen molar-refractivity contribution in [3.63, 3.8) is 0 Å². The molecule has 1 heterocycles. The van der Waals surface area contributed by atoms with E-state index in [1.54, 1.807) is 6.20 Å². The highest BCUT2D eigenvalue weighted by Gasteiger charge is 2.14. The van der Waals surface area contributed by atoms with E-state index in [1.165, 1.54) is 25.7 Å². The minimum absolute atomic E-state index is 0.403. The third kappa shape index (κ3) is 2.20. The van der Waals surface area contributed by atoms with Gasteiger partial charge in [-0.2, -0.15) is 0 Å². The number of nitrogens with zero attached hydrogens (tertiary/aromatic N) is 2. The van der Waals surface area contributed by atoms with E-state index in [2.05, 4.69) is 15.3 Å². The lowest BCUT2D eigenvalue weighted by molar-refractivity contribution is 0.746. The first-order chi connectivity index (χ1) is 6.88. The van der Waals surface area contributed by atoms with Crippen LogP contribution in [0.3, 0.4) is 0 Å². The molecule has 1 fully saturated rings. The number of rotatable bonds is 3. The summed E-state index contributed by atoms with van der Waals surface area (Å²) in [5.74, 6) is 1.61. The minimum Gasteiger partial charge on any atom is -0.367 e. The van der Waals surface area contributed by atoms with Crippen LogP contribution in [-0.4, -0.2) is 16.0 Å². The average Bonchev–Trinajstić information content (AvgIpc) is 2.71. The fraction of sp³-hybridized carbons (Fsp3) is 0.600. The number of aromatic nitrogens is 2. The first-order valence-corrected chi connectivity index (χ1v) is 5.17. The standard InChI is InChI=1S/C10H16N4/c11-7-10-12-6-5-9(14-10)13-8-3-1-2-4-8/h5-6,8H,1-4,7,11H2,(H,12,13,14). The lowest BCUT2D eigenvalue weighted by Gasteiger charge is -2.12. The molecular weight excluding hydrogens is 176 g/mol. The van der Waals surface area contributed by atoms with E-state index < -0.39 is 0 Å². The summed E-state index contributed by atoms with van der Waals surface area (Å²) in [7, 11) is 0. The van der Waals surface area contributed by atoms with Crippen molar-refractivity contribution in [2.24, 2.45) is 5.73 Å². The van der Waals surface area contributed by atoms with Crippen LogP contribution in [0.4, 0.5) is 5.82 Å². The van der Waals surface area contributed by atoms with Crippen molar-refractivity contribution < 1.29 is 0 Å². The van der Waals surface area contributed by atoms with Crippen LogP contribution in [0.5, 0.6) is 0 Å². The van der Waals surface area contributed by atoms with Crippen molar-refractivity contribution >= 4 is 5.82 Å². The molecule has 1 saturated carbocycles. The first-order valence-electron chi connectivity index (χ1n) is 5.17. The second kappa shape index (κ2) is 4.37. The molecule has 0 bridgehead atoms. The Hall–Kier alpha value is -1.16. The Kier molecular flexibility index (Phi) is 2.93. The Morgan fingerprint density at radius 3 is 2.93 bits per heavy atom. The van der Waals surface area contributed by atoms with E-state index in [4.69, 9.17) is 5.73 Å². The second-order valence-corrected chi connectivity index (χ2v) is 3.69. The Morgan fingerprint density at radius 1 is 1.43 bits per heavy atom. The molecule has 0 saturated heterocycles. The van der Waals surface area contributed by atoms with E-state index >= 15 is 0 Å². The van der Waals surface area contributed by atoms with Gasteiger partial charge in [-0.15, -0.1) is 0 Å². The first kappa shape index (κ1) is 9.40. The molecule has 4 heteroatoms. The Morgan fingerprint density at radius 2 is 2.21 bits per heavy atom. The number of hydrogen-bond acceptors (Lipinski definition) is 4. The number of anilines is 1. The van der Waals surface area contributed by atoms with Gasteiger partial charge >= 0.3 is 0 Å². The zero-order chi connectivity index (χ0) is 9.80. The molecule has 4 nitrogen and oxygen atoms in total. The average molecular weight is 192 g/mol. The summed E-state index contributed by atoms with van der Waals surface area (Å²) >= 11 is 0. The molecule has 2 rings (SSSR count). The Labute approximate surface area is 83.9 Å². The molecule has 0 unspecified atom stereocenters. The molecule has 0 aromatic carbocycles. The van der Waals surface area contributed by atoms with Crippen molar-refractivity contribution in [3.8, 4) is 0 Å². The van der Waals surface area contributed by atoms with Gasteiger partial charge in [0.2, 0.25) is 0 Å². The summed E-state index contributed by atoms with van der Waals surface area (Å²) < 4.78 is 0. The zero-order valence-electron chi connectivity index (χ0n) is 8.24. The van der Waals surface area contributed by atoms with E-state index in [0.717, 1.165) is 5.82 Å². The molecule has 0 spiro atoms. The second-order valence-electron chi connectivity index (χ2n) is 3.69. The van der Waals surface area contributed by atoms with Gasteiger partial charge in [-0.3, -0.25) is 0 Å². The molecule has 0 amide bonds. The van der Waals surface area contributed by atoms with Crippen LogP contribution < -0.4 is 11.1 Å². The molecule has 1 aliphatic rings. The summed E-state index contributed by atoms with van der Waals surface area (Å²) in [5, 5.41) is 3.41. The minimum atomic E-state index is 0.403. The summed E-state index contributed by atoms with van der Waals surface area (Å²) in [6.45, 7) is 0.403. The van der Waals surface area contributed by atoms with Crippen LogP contribution in [0.2, 0.25) is 0 Å². The largest absolute Gasteiger partial charge is 0.367 e. The van der Waals surface area contributed by atoms with E-state index in [0.29, 0.717) is 18.4 Å². The van der Waals surface area contributed by atoms with Gasteiger partial charge in [-0.05, 0) is 18.9 Å². The van der Waals surface area contributed by atoms with Crippen LogP contribution in [0.1, 0.15) is 31.5 Å². The molecule has 1 aromatic heterocycles. The van der Waals surface area contributed by atoms with Crippen LogP contribution in [0, 0.1) is 0 Å². The SMILES string of the molecule is NCc1nccc(NC2CCCC2)n1. The summed E-state index contributed by atoms with van der Waals surface area (Å²) in [4.78, 5) is 8.36. The predicted molar refractivity (Wildman–Crippen MR) is 55.8 cm³/mol. The van der Waals surface area contributed by atoms with Gasteiger partial charge in [0, 0.05) is 12.2 Å². The maximum absolute atomic E-state index is 5.47. The highest BCUT2D eigenvalue weighted by atomic mass is 15.1. The highest BCUT2D eigenvalue weighted by molar-refractivity contribution is 5.34. The monoisotopic (exact) mass is 192 g/mol. The maximum atomic E-state index is 5.47. The van der Waals surface area contributed by atoms with Crippen molar-refractivity contribution in [3.05, 3.63) is 18.1 Å². The Bertz CT molecular complexity index is 294. The van der Waals surface area contributed by atoms with Gasteiger partial charge in [0.15, 0.2) is 0 Å². The van der Waals surface area contributed by atoms with Gasteiger partial charge in [-0.25, -0.2) is 9.97 Å². The molecule has 1 aromatic rings. The smallest absolute Gasteiger partial charge is 0.144 e. The predicted octanol–water partition coefficient (Wildman–Crippen LogP) is 1.29. The van der Waals surface area contributed by atoms with Crippen LogP contribution in [-0.2, 0) is 6.54 Å². The molecule has 0 aliphatic heterocycles. The van der Waals surface area contributed by atoms with Gasteiger partial charge < -0.3 is 11.1 Å². The van der Waals surface area contributed by atoms with Crippen LogP contribution >= 0.6 is 0 Å². The molecule has 76 valence electrons. The number of nitrogens with one attached hydrogen (secondary N) is 1. The zero-order valence-corrected chi connectivity index (χ0v) is 8.24. The quantitative estimate of drug-likeness (QED) is 0.757. The summed E-state index contributed by atoms with van der Waals surface area (Å²) in [6.07, 6.45) is 6.91. The van der Waals surface area contributed by atoms with E-state index in [-0.39, 0.29) is 0 Å².